The van der Waals surface area contributed by atoms with E-state index in [4.69, 9.17) is 5.14 Å². The molecule has 7 atom stereocenters. The zero-order chi connectivity index (χ0) is 27.4. The molecule has 17 heteroatoms. The quantitative estimate of drug-likeness (QED) is 0.182. The fourth-order valence-corrected chi connectivity index (χ4v) is 8.74. The Morgan fingerprint density at radius 2 is 1.95 bits per heavy atom. The van der Waals surface area contributed by atoms with Gasteiger partial charge in [0.25, 0.3) is 10.2 Å². The Labute approximate surface area is 220 Å². The van der Waals surface area contributed by atoms with Gasteiger partial charge >= 0.3 is 5.97 Å². The van der Waals surface area contributed by atoms with Crippen LogP contribution < -0.4 is 19.9 Å². The number of nitrogens with two attached hydrogens (primary N) is 1. The number of amides is 2. The topological polar surface area (TPSA) is 208 Å². The molecule has 3 fully saturated rings. The van der Waals surface area contributed by atoms with E-state index in [0.29, 0.717) is 30.8 Å². The van der Waals surface area contributed by atoms with Gasteiger partial charge in [0.1, 0.15) is 5.70 Å². The number of hydrogen-bond acceptors (Lipinski definition) is 9. The molecule has 0 radical (unpaired) electrons. The molecule has 3 saturated heterocycles. The van der Waals surface area contributed by atoms with Crippen LogP contribution in [0.3, 0.4) is 0 Å². The average Bonchev–Trinajstić information content (AvgIpc) is 3.44. The van der Waals surface area contributed by atoms with E-state index < -0.39 is 62.2 Å². The number of sulfonamides is 1. The number of fused-ring (bicyclic) bond motifs is 1. The minimum atomic E-state index is -3.86. The maximum absolute atomic E-state index is 13.0. The van der Waals surface area contributed by atoms with Crippen LogP contribution in [0.25, 0.3) is 0 Å². The Morgan fingerprint density at radius 1 is 1.27 bits per heavy atom. The molecule has 4 aliphatic heterocycles. The second-order valence-corrected chi connectivity index (χ2v) is 14.5. The van der Waals surface area contributed by atoms with E-state index in [-0.39, 0.29) is 29.3 Å². The number of rotatable bonds is 9. The van der Waals surface area contributed by atoms with Crippen LogP contribution in [-0.4, -0.2) is 105 Å². The number of carboxylic acids is 1. The number of hydrogen-bond donors (Lipinski definition) is 5. The van der Waals surface area contributed by atoms with Crippen molar-refractivity contribution in [1.29, 1.82) is 0 Å². The Morgan fingerprint density at radius 3 is 2.54 bits per heavy atom. The summed E-state index contributed by atoms with van der Waals surface area (Å²) in [5.74, 6) is -2.81. The van der Waals surface area contributed by atoms with Crippen LogP contribution in [0.1, 0.15) is 26.7 Å². The molecule has 0 aliphatic carbocycles. The molecular weight excluding hydrogens is 548 g/mol. The maximum Gasteiger partial charge on any atom is 0.353 e. The van der Waals surface area contributed by atoms with E-state index in [0.717, 1.165) is 6.26 Å². The van der Waals surface area contributed by atoms with E-state index in [1.807, 2.05) is 6.92 Å². The first kappa shape index (κ1) is 28.3. The summed E-state index contributed by atoms with van der Waals surface area (Å²) >= 11 is 1.33. The predicted octanol–water partition coefficient (Wildman–Crippen LogP) is -2.45. The third-order valence-electron chi connectivity index (χ3n) is 7.24. The van der Waals surface area contributed by atoms with Crippen LogP contribution in [0.15, 0.2) is 10.6 Å². The minimum absolute atomic E-state index is 0.0819. The first-order chi connectivity index (χ1) is 17.1. The number of nitrogens with one attached hydrogen (secondary N) is 3. The van der Waals surface area contributed by atoms with Crippen molar-refractivity contribution < 1.29 is 36.3 Å². The molecule has 0 spiro atoms. The second kappa shape index (κ2) is 10.1. The minimum Gasteiger partial charge on any atom is -0.477 e. The number of β-lactam (4-membered cyclic amide) rings is 1. The fourth-order valence-electron chi connectivity index (χ4n) is 5.78. The average molecular weight is 581 g/mol. The summed E-state index contributed by atoms with van der Waals surface area (Å²) in [7, 11) is -7.41. The molecule has 37 heavy (non-hydrogen) atoms. The molecule has 2 amide bonds. The zero-order valence-electron chi connectivity index (χ0n) is 20.6. The molecule has 6 N–H and O–H groups in total. The van der Waals surface area contributed by atoms with Crippen LogP contribution in [0.2, 0.25) is 0 Å². The summed E-state index contributed by atoms with van der Waals surface area (Å²) in [6.07, 6.45) is 1.90. The highest BCUT2D eigenvalue weighted by Gasteiger charge is 2.60. The smallest absolute Gasteiger partial charge is 0.353 e. The van der Waals surface area contributed by atoms with Crippen LogP contribution in [0.5, 0.6) is 0 Å². The van der Waals surface area contributed by atoms with Crippen molar-refractivity contribution >= 4 is 49.8 Å². The van der Waals surface area contributed by atoms with E-state index in [9.17, 15) is 36.3 Å². The zero-order valence-corrected chi connectivity index (χ0v) is 23.0. The van der Waals surface area contributed by atoms with E-state index >= 15 is 0 Å². The summed E-state index contributed by atoms with van der Waals surface area (Å²) in [5, 5.41) is 18.0. The Bertz CT molecular complexity index is 1240. The fraction of sp³-hybridized carbons (Fsp3) is 0.750. The maximum atomic E-state index is 13.0. The van der Waals surface area contributed by atoms with E-state index in [2.05, 4.69) is 14.8 Å². The summed E-state index contributed by atoms with van der Waals surface area (Å²) in [6, 6.07) is -2.09. The number of thioether (sulfide) groups is 1. The molecule has 4 heterocycles. The summed E-state index contributed by atoms with van der Waals surface area (Å²) < 4.78 is 50.6. The highest BCUT2D eigenvalue weighted by molar-refractivity contribution is 8.03. The summed E-state index contributed by atoms with van der Waals surface area (Å²) in [6.45, 7) is 4.49. The first-order valence-corrected chi connectivity index (χ1v) is 16.2. The predicted molar refractivity (Wildman–Crippen MR) is 134 cm³/mol. The van der Waals surface area contributed by atoms with Crippen LogP contribution in [0.4, 0.5) is 0 Å². The van der Waals surface area contributed by atoms with Gasteiger partial charge in [-0.05, 0) is 19.8 Å². The van der Waals surface area contributed by atoms with Crippen molar-refractivity contribution in [2.45, 2.75) is 56.1 Å². The lowest BCUT2D eigenvalue weighted by Crippen LogP contribution is -2.66. The molecule has 1 unspecified atom stereocenters. The molecule has 4 aliphatic rings. The van der Waals surface area contributed by atoms with Gasteiger partial charge in [-0.25, -0.2) is 23.1 Å². The molecule has 0 saturated carbocycles. The Balaban J connectivity index is 1.41. The van der Waals surface area contributed by atoms with Crippen molar-refractivity contribution in [3.63, 3.8) is 0 Å². The third-order valence-corrected chi connectivity index (χ3v) is 10.2. The van der Waals surface area contributed by atoms with Crippen LogP contribution >= 0.6 is 11.8 Å². The molecule has 0 aromatic rings. The number of likely N-dealkylation sites (tertiary alicyclic amines) is 1. The standard InChI is InChI=1S/C20H32N6O8S3/c1-9-15-14(10(2)23-36(3,31)32)19(28)26(15)16(20(29)30)17(9)35-12-6-13(22-7-12)18(27)25-5-4-11(8-25)24-37(21,33)34/h9-15,22-24H,4-8H2,1-3H3,(H,29,30)(H2,21,33,34)/t9-,10?,11-,12+,13+,14-,15-/m1/s1. The lowest BCUT2D eigenvalue weighted by atomic mass is 9.78. The largest absolute Gasteiger partial charge is 0.477 e. The van der Waals surface area contributed by atoms with Crippen LogP contribution in [0, 0.1) is 11.8 Å². The van der Waals surface area contributed by atoms with Gasteiger partial charge in [-0.2, -0.15) is 13.1 Å². The number of carbonyl (C=O) groups excluding carboxylic acids is 2. The van der Waals surface area contributed by atoms with Crippen molar-refractivity contribution in [1.82, 2.24) is 24.6 Å². The van der Waals surface area contributed by atoms with Crippen molar-refractivity contribution in [3.8, 4) is 0 Å². The van der Waals surface area contributed by atoms with E-state index in [1.54, 1.807) is 11.8 Å². The van der Waals surface area contributed by atoms with E-state index in [1.165, 1.54) is 16.7 Å². The molecule has 0 bridgehead atoms. The molecule has 0 aromatic heterocycles. The number of nitrogens with zero attached hydrogens (tertiary/aromatic N) is 2. The van der Waals surface area contributed by atoms with Gasteiger partial charge in [0, 0.05) is 47.8 Å². The second-order valence-electron chi connectivity index (χ2n) is 10.1. The van der Waals surface area contributed by atoms with Gasteiger partial charge in [-0.3, -0.25) is 9.59 Å². The lowest BCUT2D eigenvalue weighted by molar-refractivity contribution is -0.157. The monoisotopic (exact) mass is 580 g/mol. The molecular formula is C20H32N6O8S3. The SMILES string of the molecule is CC(NS(C)(=O)=O)[C@H]1C(=O)N2C(C(=O)O)=C(S[C@@H]3CN[C@H](C(=O)N4CC[C@@H](NS(N)(=O)=O)C4)C3)[C@H](C)[C@H]12. The van der Waals surface area contributed by atoms with Gasteiger partial charge < -0.3 is 20.2 Å². The molecule has 0 aromatic carbocycles. The van der Waals surface area contributed by atoms with Gasteiger partial charge in [0.05, 0.1) is 24.3 Å². The van der Waals surface area contributed by atoms with Crippen molar-refractivity contribution in [2.75, 3.05) is 25.9 Å². The highest BCUT2D eigenvalue weighted by Crippen LogP contribution is 2.51. The number of aliphatic carboxylic acids is 1. The first-order valence-electron chi connectivity index (χ1n) is 11.8. The summed E-state index contributed by atoms with van der Waals surface area (Å²) in [5.41, 5.74) is -0.0819. The molecule has 14 nitrogen and oxygen atoms in total. The van der Waals surface area contributed by atoms with Gasteiger partial charge in [0.15, 0.2) is 0 Å². The Hall–Kier alpha value is -1.76. The molecule has 4 rings (SSSR count). The summed E-state index contributed by atoms with van der Waals surface area (Å²) in [4.78, 5) is 41.4. The molecule has 208 valence electrons. The highest BCUT2D eigenvalue weighted by atomic mass is 32.2. The van der Waals surface area contributed by atoms with Crippen molar-refractivity contribution in [2.24, 2.45) is 17.0 Å². The third kappa shape index (κ3) is 5.81. The van der Waals surface area contributed by atoms with Gasteiger partial charge in [0.2, 0.25) is 21.8 Å². The Kier molecular flexibility index (Phi) is 7.70. The number of carboxylic acid groups (broad SMARTS) is 1. The van der Waals surface area contributed by atoms with Gasteiger partial charge in [-0.1, -0.05) is 6.92 Å². The van der Waals surface area contributed by atoms with Crippen molar-refractivity contribution in [3.05, 3.63) is 10.6 Å². The normalized spacial score (nSPS) is 33.0. The number of carbonyl (C=O) groups is 3. The lowest BCUT2D eigenvalue weighted by Gasteiger charge is -2.47. The van der Waals surface area contributed by atoms with Crippen LogP contribution in [-0.2, 0) is 34.6 Å². The van der Waals surface area contributed by atoms with Gasteiger partial charge in [-0.15, -0.1) is 11.8 Å².